The summed E-state index contributed by atoms with van der Waals surface area (Å²) in [6.45, 7) is 5.31. The van der Waals surface area contributed by atoms with E-state index in [-0.39, 0.29) is 75.3 Å². The first-order valence-corrected chi connectivity index (χ1v) is 19.7. The third-order valence-corrected chi connectivity index (χ3v) is 12.0. The lowest BCUT2D eigenvalue weighted by Gasteiger charge is -2.51. The standard InChI is InChI=1S/C40H45F6N3O6S/c1-3-8-32-38(55-28-23-33(56-24-28)40(44,45)46,14-7-18-49(32)35(51)34-30(39(41,42)43)10-6-17-47-34)36(52)48-19-15-37(53,16-20-48)29-9-4-5-11-31(29)54-27-13-12-26(22-27)21-25(2)50/h4-6,9-11,17,23-24,26-27,32,50,53H,2-3,7-8,12-16,18-22H2,1H3/t26-,27-,32-,38+/m1/s1. The lowest BCUT2D eigenvalue weighted by atomic mass is 9.78. The molecular weight excluding hydrogens is 765 g/mol. The molecule has 4 atom stereocenters. The molecule has 2 saturated heterocycles. The Labute approximate surface area is 324 Å². The smallest absolute Gasteiger partial charge is 0.425 e. The van der Waals surface area contributed by atoms with Gasteiger partial charge in [-0.05, 0) is 69.1 Å². The number of aliphatic hydroxyl groups excluding tert-OH is 1. The average molecular weight is 810 g/mol. The van der Waals surface area contributed by atoms with Gasteiger partial charge in [0, 0.05) is 55.7 Å². The lowest BCUT2D eigenvalue weighted by molar-refractivity contribution is -0.163. The number of ether oxygens (including phenoxy) is 2. The number of aromatic nitrogens is 1. The van der Waals surface area contributed by atoms with Crippen molar-refractivity contribution in [3.63, 3.8) is 0 Å². The van der Waals surface area contributed by atoms with Crippen LogP contribution in [-0.2, 0) is 22.7 Å². The van der Waals surface area contributed by atoms with Gasteiger partial charge in [0.1, 0.15) is 22.1 Å². The molecule has 0 radical (unpaired) electrons. The van der Waals surface area contributed by atoms with Crippen LogP contribution >= 0.6 is 11.3 Å². The highest BCUT2D eigenvalue weighted by molar-refractivity contribution is 7.10. The molecule has 0 unspecified atom stereocenters. The zero-order valence-corrected chi connectivity index (χ0v) is 31.7. The Kier molecular flexibility index (Phi) is 12.0. The first-order chi connectivity index (χ1) is 26.4. The summed E-state index contributed by atoms with van der Waals surface area (Å²) in [5, 5.41) is 22.9. The Morgan fingerprint density at radius 1 is 1.02 bits per heavy atom. The van der Waals surface area contributed by atoms with Crippen molar-refractivity contribution < 1.29 is 55.6 Å². The number of piperidine rings is 2. The molecule has 304 valence electrons. The lowest BCUT2D eigenvalue weighted by Crippen LogP contribution is -2.68. The van der Waals surface area contributed by atoms with E-state index in [2.05, 4.69) is 11.6 Å². The Bertz CT molecular complexity index is 1890. The summed E-state index contributed by atoms with van der Waals surface area (Å²) >= 11 is 0.376. The minimum absolute atomic E-state index is 0.00157. The van der Waals surface area contributed by atoms with Crippen LogP contribution in [0.15, 0.2) is 66.4 Å². The van der Waals surface area contributed by atoms with E-state index in [1.807, 2.05) is 0 Å². The maximum atomic E-state index is 15.0. The number of amides is 2. The van der Waals surface area contributed by atoms with E-state index in [4.69, 9.17) is 9.47 Å². The number of aliphatic hydroxyl groups is 2. The summed E-state index contributed by atoms with van der Waals surface area (Å²) in [5.41, 5.74) is -4.95. The number of allylic oxidation sites excluding steroid dienone is 1. The van der Waals surface area contributed by atoms with Crippen molar-refractivity contribution in [3.8, 4) is 11.5 Å². The van der Waals surface area contributed by atoms with E-state index in [1.54, 1.807) is 31.2 Å². The third-order valence-electron chi connectivity index (χ3n) is 11.1. The molecule has 0 spiro atoms. The van der Waals surface area contributed by atoms with Crippen molar-refractivity contribution in [1.82, 2.24) is 14.8 Å². The molecule has 2 aliphatic heterocycles. The molecule has 1 aromatic carbocycles. The molecule has 1 aliphatic carbocycles. The Hall–Kier alpha value is -4.31. The number of carbonyl (C=O) groups is 2. The molecule has 3 aliphatic rings. The largest absolute Gasteiger partial charge is 0.513 e. The summed E-state index contributed by atoms with van der Waals surface area (Å²) in [6.07, 6.45) is -5.24. The van der Waals surface area contributed by atoms with Crippen LogP contribution in [0.5, 0.6) is 11.5 Å². The quantitative estimate of drug-likeness (QED) is 0.147. The van der Waals surface area contributed by atoms with Crippen LogP contribution in [0.4, 0.5) is 26.3 Å². The van der Waals surface area contributed by atoms with E-state index >= 15 is 0 Å². The highest BCUT2D eigenvalue weighted by Crippen LogP contribution is 2.45. The number of hydrogen-bond donors (Lipinski definition) is 2. The predicted molar refractivity (Wildman–Crippen MR) is 195 cm³/mol. The number of carbonyl (C=O) groups excluding carboxylic acids is 2. The zero-order valence-electron chi connectivity index (χ0n) is 30.9. The van der Waals surface area contributed by atoms with E-state index in [0.717, 1.165) is 47.5 Å². The first-order valence-electron chi connectivity index (χ1n) is 18.8. The maximum absolute atomic E-state index is 15.0. The molecule has 4 heterocycles. The fraction of sp³-hybridized carbons (Fsp3) is 0.525. The molecule has 3 fully saturated rings. The molecule has 2 aromatic heterocycles. The van der Waals surface area contributed by atoms with Gasteiger partial charge < -0.3 is 29.5 Å². The molecule has 0 bridgehead atoms. The predicted octanol–water partition coefficient (Wildman–Crippen LogP) is 8.92. The Morgan fingerprint density at radius 3 is 2.41 bits per heavy atom. The maximum Gasteiger partial charge on any atom is 0.425 e. The number of likely N-dealkylation sites (tertiary alicyclic amines) is 2. The Balaban J connectivity index is 1.30. The van der Waals surface area contributed by atoms with Crippen LogP contribution in [-0.4, -0.2) is 74.2 Å². The first kappa shape index (κ1) is 41.3. The number of thiophene rings is 1. The van der Waals surface area contributed by atoms with Gasteiger partial charge in [0.05, 0.1) is 29.1 Å². The van der Waals surface area contributed by atoms with Gasteiger partial charge in [0.2, 0.25) is 5.60 Å². The van der Waals surface area contributed by atoms with Gasteiger partial charge >= 0.3 is 12.4 Å². The highest BCUT2D eigenvalue weighted by atomic mass is 32.1. The number of halogens is 6. The fourth-order valence-electron chi connectivity index (χ4n) is 8.48. The van der Waals surface area contributed by atoms with E-state index < -0.39 is 57.5 Å². The number of para-hydroxylation sites is 1. The fourth-order valence-corrected chi connectivity index (χ4v) is 9.16. The number of nitrogens with zero attached hydrogens (tertiary/aromatic N) is 3. The van der Waals surface area contributed by atoms with Crippen LogP contribution in [0.3, 0.4) is 0 Å². The minimum Gasteiger partial charge on any atom is -0.513 e. The number of pyridine rings is 1. The monoisotopic (exact) mass is 809 g/mol. The molecule has 9 nitrogen and oxygen atoms in total. The van der Waals surface area contributed by atoms with Crippen molar-refractivity contribution in [2.75, 3.05) is 19.6 Å². The van der Waals surface area contributed by atoms with Crippen molar-refractivity contribution in [2.24, 2.45) is 5.92 Å². The SMILES string of the molecule is C=C(O)C[C@H]1CC[C@@H](Oc2ccccc2C2(O)CCN(C(=O)[C@]3(Oc4csc(C(F)(F)F)c4)CCCN(C(=O)c4ncccc4C(F)(F)F)[C@@H]3CCC)CC2)C1. The van der Waals surface area contributed by atoms with Gasteiger partial charge in [-0.3, -0.25) is 14.6 Å². The summed E-state index contributed by atoms with van der Waals surface area (Å²) in [4.78, 5) is 34.5. The van der Waals surface area contributed by atoms with Crippen LogP contribution in [0, 0.1) is 5.92 Å². The average Bonchev–Trinajstić information content (AvgIpc) is 3.81. The van der Waals surface area contributed by atoms with E-state index in [9.17, 15) is 46.1 Å². The van der Waals surface area contributed by atoms with Gasteiger partial charge in [-0.25, -0.2) is 0 Å². The normalized spacial score (nSPS) is 24.2. The van der Waals surface area contributed by atoms with Crippen molar-refractivity contribution in [2.45, 2.75) is 107 Å². The van der Waals surface area contributed by atoms with Gasteiger partial charge in [-0.1, -0.05) is 38.1 Å². The number of rotatable bonds is 11. The molecule has 2 N–H and O–H groups in total. The van der Waals surface area contributed by atoms with Crippen molar-refractivity contribution >= 4 is 23.2 Å². The van der Waals surface area contributed by atoms with Crippen LogP contribution < -0.4 is 9.47 Å². The molecule has 2 amide bonds. The van der Waals surface area contributed by atoms with E-state index in [0.29, 0.717) is 41.9 Å². The van der Waals surface area contributed by atoms with Gasteiger partial charge in [0.15, 0.2) is 0 Å². The molecular formula is C40H45F6N3O6S. The highest BCUT2D eigenvalue weighted by Gasteiger charge is 2.57. The third kappa shape index (κ3) is 8.65. The molecule has 16 heteroatoms. The second-order valence-corrected chi connectivity index (χ2v) is 15.9. The second-order valence-electron chi connectivity index (χ2n) is 14.9. The Morgan fingerprint density at radius 2 is 1.75 bits per heavy atom. The number of hydrogen-bond acceptors (Lipinski definition) is 8. The van der Waals surface area contributed by atoms with Crippen molar-refractivity contribution in [1.29, 1.82) is 0 Å². The summed E-state index contributed by atoms with van der Waals surface area (Å²) in [5.74, 6) is -1.12. The zero-order chi connectivity index (χ0) is 40.5. The van der Waals surface area contributed by atoms with Gasteiger partial charge in [0.25, 0.3) is 11.8 Å². The minimum atomic E-state index is -4.91. The molecule has 3 aromatic rings. The van der Waals surface area contributed by atoms with E-state index in [1.165, 1.54) is 4.90 Å². The molecule has 56 heavy (non-hydrogen) atoms. The topological polar surface area (TPSA) is 112 Å². The number of benzene rings is 1. The summed E-state index contributed by atoms with van der Waals surface area (Å²) in [7, 11) is 0. The van der Waals surface area contributed by atoms with Gasteiger partial charge in [-0.2, -0.15) is 26.3 Å². The summed E-state index contributed by atoms with van der Waals surface area (Å²) in [6, 6.07) is 8.53. The van der Waals surface area contributed by atoms with Crippen molar-refractivity contribution in [3.05, 3.63) is 88.1 Å². The number of alkyl halides is 6. The van der Waals surface area contributed by atoms with Crippen LogP contribution in [0.25, 0.3) is 0 Å². The second kappa shape index (κ2) is 16.3. The van der Waals surface area contributed by atoms with Crippen LogP contribution in [0.1, 0.15) is 97.6 Å². The summed E-state index contributed by atoms with van der Waals surface area (Å²) < 4.78 is 96.1. The van der Waals surface area contributed by atoms with Gasteiger partial charge in [-0.15, -0.1) is 11.3 Å². The molecule has 1 saturated carbocycles. The van der Waals surface area contributed by atoms with Crippen LogP contribution in [0.2, 0.25) is 0 Å². The molecule has 6 rings (SSSR count).